The lowest BCUT2D eigenvalue weighted by molar-refractivity contribution is 0.310. The fraction of sp³-hybridized carbons (Fsp3) is 0.381. The topological polar surface area (TPSA) is 61.2 Å². The number of aryl methyl sites for hydroxylation is 1. The molecular weight excluding hydrogens is 363 g/mol. The van der Waals surface area contributed by atoms with E-state index in [-0.39, 0.29) is 22.8 Å². The second kappa shape index (κ2) is 8.20. The van der Waals surface area contributed by atoms with E-state index < -0.39 is 10.0 Å². The molecule has 1 saturated heterocycles. The van der Waals surface area contributed by atoms with Crippen molar-refractivity contribution in [3.63, 3.8) is 0 Å². The minimum absolute atomic E-state index is 0.153. The molecule has 0 aliphatic carbocycles. The van der Waals surface area contributed by atoms with Gasteiger partial charge in [0, 0.05) is 12.5 Å². The van der Waals surface area contributed by atoms with Gasteiger partial charge in [0.25, 0.3) is 0 Å². The lowest BCUT2D eigenvalue weighted by atomic mass is 10.0. The maximum Gasteiger partial charge on any atom is 0.243 e. The van der Waals surface area contributed by atoms with Crippen molar-refractivity contribution in [2.45, 2.75) is 56.0 Å². The van der Waals surface area contributed by atoms with Crippen LogP contribution in [0.4, 0.5) is 4.39 Å². The zero-order valence-electron chi connectivity index (χ0n) is 15.3. The zero-order chi connectivity index (χ0) is 19.4. The first-order chi connectivity index (χ1) is 12.9. The molecule has 1 fully saturated rings. The summed E-state index contributed by atoms with van der Waals surface area (Å²) in [5.74, 6) is -0.338. The molecule has 1 heterocycles. The minimum Gasteiger partial charge on any atom is -0.207 e. The van der Waals surface area contributed by atoms with E-state index in [9.17, 15) is 12.8 Å². The second-order valence-corrected chi connectivity index (χ2v) is 8.84. The Morgan fingerprint density at radius 3 is 2.41 bits per heavy atom. The van der Waals surface area contributed by atoms with Crippen LogP contribution in [0.3, 0.4) is 0 Å². The van der Waals surface area contributed by atoms with Gasteiger partial charge in [-0.15, -0.1) is 0 Å². The quantitative estimate of drug-likeness (QED) is 0.675. The van der Waals surface area contributed by atoms with E-state index in [1.54, 1.807) is 40.7 Å². The van der Waals surface area contributed by atoms with E-state index in [0.29, 0.717) is 25.7 Å². The highest BCUT2D eigenvalue weighted by atomic mass is 32.2. The number of sulfonamides is 1. The van der Waals surface area contributed by atoms with Gasteiger partial charge >= 0.3 is 0 Å². The van der Waals surface area contributed by atoms with E-state index in [1.807, 2.05) is 6.92 Å². The van der Waals surface area contributed by atoms with Gasteiger partial charge < -0.3 is 0 Å². The molecular formula is C21H23FN2O2S. The summed E-state index contributed by atoms with van der Waals surface area (Å²) in [6.45, 7) is 1.91. The highest BCUT2D eigenvalue weighted by molar-refractivity contribution is 7.89. The lowest BCUT2D eigenvalue weighted by Crippen LogP contribution is -2.37. The van der Waals surface area contributed by atoms with Crippen molar-refractivity contribution in [2.24, 2.45) is 0 Å². The Bertz CT molecular complexity index is 918. The van der Waals surface area contributed by atoms with E-state index in [2.05, 4.69) is 6.07 Å². The second-order valence-electron chi connectivity index (χ2n) is 7.00. The highest BCUT2D eigenvalue weighted by Gasteiger charge is 2.42. The van der Waals surface area contributed by atoms with Crippen LogP contribution < -0.4 is 0 Å². The largest absolute Gasteiger partial charge is 0.243 e. The number of unbranched alkanes of at least 4 members (excludes halogenated alkanes) is 1. The fourth-order valence-electron chi connectivity index (χ4n) is 3.74. The normalized spacial score (nSPS) is 20.5. The number of halogens is 1. The molecule has 2 atom stereocenters. The third-order valence-electron chi connectivity index (χ3n) is 5.12. The highest BCUT2D eigenvalue weighted by Crippen LogP contribution is 2.42. The van der Waals surface area contributed by atoms with Crippen molar-refractivity contribution in [1.29, 1.82) is 5.26 Å². The van der Waals surface area contributed by atoms with Gasteiger partial charge in [-0.2, -0.15) is 9.57 Å². The first kappa shape index (κ1) is 19.5. The summed E-state index contributed by atoms with van der Waals surface area (Å²) in [4.78, 5) is 0.271. The summed E-state index contributed by atoms with van der Waals surface area (Å²) in [5, 5.41) is 8.81. The van der Waals surface area contributed by atoms with Crippen molar-refractivity contribution in [3.8, 4) is 6.07 Å². The Morgan fingerprint density at radius 1 is 1.11 bits per heavy atom. The van der Waals surface area contributed by atoms with Crippen molar-refractivity contribution in [3.05, 3.63) is 65.5 Å². The average molecular weight is 386 g/mol. The van der Waals surface area contributed by atoms with E-state index in [0.717, 1.165) is 17.5 Å². The Morgan fingerprint density at radius 2 is 1.78 bits per heavy atom. The van der Waals surface area contributed by atoms with Gasteiger partial charge in [0.05, 0.1) is 17.0 Å². The molecule has 0 N–H and O–H groups in total. The van der Waals surface area contributed by atoms with Crippen molar-refractivity contribution >= 4 is 10.0 Å². The summed E-state index contributed by atoms with van der Waals surface area (Å²) in [6.07, 6.45) is 3.15. The maximum atomic E-state index is 13.4. The summed E-state index contributed by atoms with van der Waals surface area (Å²) >= 11 is 0. The van der Waals surface area contributed by atoms with Crippen LogP contribution in [0.5, 0.6) is 0 Å². The molecule has 6 heteroatoms. The van der Waals surface area contributed by atoms with Crippen LogP contribution in [0.25, 0.3) is 0 Å². The molecule has 142 valence electrons. The average Bonchev–Trinajstić information content (AvgIpc) is 3.08. The third-order valence-corrected chi connectivity index (χ3v) is 7.09. The Kier molecular flexibility index (Phi) is 5.93. The predicted molar refractivity (Wildman–Crippen MR) is 102 cm³/mol. The van der Waals surface area contributed by atoms with Crippen molar-refractivity contribution in [2.75, 3.05) is 0 Å². The predicted octanol–water partition coefficient (Wildman–Crippen LogP) is 4.72. The van der Waals surface area contributed by atoms with Crippen LogP contribution in [0.1, 0.15) is 49.3 Å². The number of nitrogens with zero attached hydrogens (tertiary/aromatic N) is 2. The molecule has 3 rings (SSSR count). The number of benzene rings is 2. The molecule has 27 heavy (non-hydrogen) atoms. The van der Waals surface area contributed by atoms with E-state index >= 15 is 0 Å². The standard InChI is InChI=1S/C21H23FN2O2S/c1-16-5-12-20(13-6-16)27(25,26)24-19(4-2-3-15-23)11-14-21(24)17-7-9-18(22)10-8-17/h5-10,12-13,19,21H,2-4,11,14H2,1H3/t19-,21-/m0/s1. The summed E-state index contributed by atoms with van der Waals surface area (Å²) in [5.41, 5.74) is 1.80. The smallest absolute Gasteiger partial charge is 0.207 e. The minimum atomic E-state index is -3.69. The van der Waals surface area contributed by atoms with Gasteiger partial charge in [-0.05, 0) is 62.4 Å². The summed E-state index contributed by atoms with van der Waals surface area (Å²) < 4.78 is 41.8. The van der Waals surface area contributed by atoms with Gasteiger partial charge in [-0.1, -0.05) is 29.8 Å². The first-order valence-electron chi connectivity index (χ1n) is 9.16. The van der Waals surface area contributed by atoms with E-state index in [1.165, 1.54) is 12.1 Å². The van der Waals surface area contributed by atoms with Crippen molar-refractivity contribution < 1.29 is 12.8 Å². The SMILES string of the molecule is Cc1ccc(S(=O)(=O)N2[C@@H](CCCC#N)CC[C@H]2c2ccc(F)cc2)cc1. The summed E-state index contributed by atoms with van der Waals surface area (Å²) in [7, 11) is -3.69. The lowest BCUT2D eigenvalue weighted by Gasteiger charge is -2.30. The van der Waals surface area contributed by atoms with Gasteiger partial charge in [0.2, 0.25) is 10.0 Å². The number of nitriles is 1. The molecule has 0 spiro atoms. The maximum absolute atomic E-state index is 13.4. The Labute approximate surface area is 160 Å². The van der Waals surface area contributed by atoms with Gasteiger partial charge in [0.1, 0.15) is 5.82 Å². The van der Waals surface area contributed by atoms with Crippen LogP contribution in [0, 0.1) is 24.1 Å². The van der Waals surface area contributed by atoms with Crippen LogP contribution >= 0.6 is 0 Å². The zero-order valence-corrected chi connectivity index (χ0v) is 16.1. The molecule has 2 aromatic rings. The molecule has 0 amide bonds. The van der Waals surface area contributed by atoms with Crippen LogP contribution in [-0.4, -0.2) is 18.8 Å². The molecule has 1 aliphatic rings. The van der Waals surface area contributed by atoms with Crippen LogP contribution in [0.15, 0.2) is 53.4 Å². The summed E-state index contributed by atoms with van der Waals surface area (Å²) in [6, 6.07) is 14.6. The fourth-order valence-corrected chi connectivity index (χ4v) is 5.63. The molecule has 0 bridgehead atoms. The van der Waals surface area contributed by atoms with Crippen LogP contribution in [-0.2, 0) is 10.0 Å². The molecule has 0 aromatic heterocycles. The van der Waals surface area contributed by atoms with Crippen LogP contribution in [0.2, 0.25) is 0 Å². The third kappa shape index (κ3) is 4.20. The van der Waals surface area contributed by atoms with Gasteiger partial charge in [-0.3, -0.25) is 0 Å². The first-order valence-corrected chi connectivity index (χ1v) is 10.6. The number of hydrogen-bond acceptors (Lipinski definition) is 3. The molecule has 0 saturated carbocycles. The molecule has 2 aromatic carbocycles. The van der Waals surface area contributed by atoms with Gasteiger partial charge in [-0.25, -0.2) is 12.8 Å². The molecule has 1 aliphatic heterocycles. The van der Waals surface area contributed by atoms with Gasteiger partial charge in [0.15, 0.2) is 0 Å². The van der Waals surface area contributed by atoms with E-state index in [4.69, 9.17) is 5.26 Å². The number of hydrogen-bond donors (Lipinski definition) is 0. The number of rotatable bonds is 6. The Balaban J connectivity index is 1.97. The molecule has 4 nitrogen and oxygen atoms in total. The Hall–Kier alpha value is -2.23. The molecule has 0 radical (unpaired) electrons. The van der Waals surface area contributed by atoms with Crippen molar-refractivity contribution in [1.82, 2.24) is 4.31 Å². The monoisotopic (exact) mass is 386 g/mol. The molecule has 0 unspecified atom stereocenters.